The van der Waals surface area contributed by atoms with Crippen molar-refractivity contribution in [2.75, 3.05) is 5.32 Å². The van der Waals surface area contributed by atoms with Crippen LogP contribution in [0.5, 0.6) is 0 Å². The molecule has 6 heteroatoms. The van der Waals surface area contributed by atoms with Gasteiger partial charge in [-0.15, -0.1) is 0 Å². The smallest absolute Gasteiger partial charge is 0.258 e. The van der Waals surface area contributed by atoms with Crippen molar-refractivity contribution in [3.63, 3.8) is 0 Å². The molecule has 134 valence electrons. The van der Waals surface area contributed by atoms with Crippen LogP contribution >= 0.6 is 0 Å². The Morgan fingerprint density at radius 3 is 2.56 bits per heavy atom. The van der Waals surface area contributed by atoms with Crippen molar-refractivity contribution < 1.29 is 13.6 Å². The highest BCUT2D eigenvalue weighted by Crippen LogP contribution is 2.22. The van der Waals surface area contributed by atoms with E-state index in [0.29, 0.717) is 5.69 Å². The minimum atomic E-state index is -1.16. The number of nitrogens with one attached hydrogen (secondary N) is 1. The van der Waals surface area contributed by atoms with E-state index in [1.54, 1.807) is 12.1 Å². The number of anilines is 1. The van der Waals surface area contributed by atoms with Gasteiger partial charge in [0.25, 0.3) is 5.91 Å². The van der Waals surface area contributed by atoms with E-state index < -0.39 is 17.5 Å². The number of nitrogens with zero attached hydrogens (tertiary/aromatic N) is 2. The van der Waals surface area contributed by atoms with Crippen LogP contribution in [0.15, 0.2) is 67.0 Å². The Morgan fingerprint density at radius 1 is 1.00 bits per heavy atom. The summed E-state index contributed by atoms with van der Waals surface area (Å²) < 4.78 is 28.9. The Labute approximate surface area is 154 Å². The van der Waals surface area contributed by atoms with Crippen LogP contribution < -0.4 is 5.32 Å². The van der Waals surface area contributed by atoms with Crippen molar-refractivity contribution in [3.05, 3.63) is 89.8 Å². The van der Waals surface area contributed by atoms with Gasteiger partial charge in [-0.05, 0) is 42.8 Å². The Hall–Kier alpha value is -3.54. The summed E-state index contributed by atoms with van der Waals surface area (Å²) in [5.74, 6) is -2.92. The maximum Gasteiger partial charge on any atom is 0.258 e. The molecule has 0 bridgehead atoms. The zero-order chi connectivity index (χ0) is 19.0. The van der Waals surface area contributed by atoms with E-state index >= 15 is 0 Å². The number of hydrogen-bond donors (Lipinski definition) is 1. The third-order valence-electron chi connectivity index (χ3n) is 4.23. The molecule has 1 N–H and O–H groups in total. The Balaban J connectivity index is 1.56. The number of hydrogen-bond acceptors (Lipinski definition) is 2. The number of carbonyl (C=O) groups is 1. The van der Waals surface area contributed by atoms with Gasteiger partial charge in [-0.1, -0.05) is 24.3 Å². The minimum Gasteiger partial charge on any atom is -0.322 e. The number of benzene rings is 2. The lowest BCUT2D eigenvalue weighted by Crippen LogP contribution is -2.14. The summed E-state index contributed by atoms with van der Waals surface area (Å²) in [6.45, 7) is 2.01. The van der Waals surface area contributed by atoms with Crippen molar-refractivity contribution >= 4 is 17.2 Å². The van der Waals surface area contributed by atoms with Gasteiger partial charge in [-0.3, -0.25) is 4.79 Å². The van der Waals surface area contributed by atoms with E-state index in [1.807, 2.05) is 48.0 Å². The standard InChI is InChI=1S/C21H15F2N3O/c1-13-5-10-19-25-18(12-26(19)11-13)14-6-8-15(9-7-14)24-21(27)16-3-2-4-17(22)20(16)23/h2-12H,1H3,(H,24,27). The lowest BCUT2D eigenvalue weighted by Gasteiger charge is -2.07. The highest BCUT2D eigenvalue weighted by molar-refractivity contribution is 6.04. The molecule has 2 aromatic carbocycles. The summed E-state index contributed by atoms with van der Waals surface area (Å²) in [5.41, 5.74) is 3.80. The molecule has 0 aliphatic heterocycles. The van der Waals surface area contributed by atoms with Gasteiger partial charge in [0.15, 0.2) is 11.6 Å². The molecule has 0 spiro atoms. The second-order valence-corrected chi connectivity index (χ2v) is 6.23. The first-order valence-electron chi connectivity index (χ1n) is 8.32. The number of imidazole rings is 1. The second-order valence-electron chi connectivity index (χ2n) is 6.23. The highest BCUT2D eigenvalue weighted by Gasteiger charge is 2.15. The molecule has 4 nitrogen and oxygen atoms in total. The van der Waals surface area contributed by atoms with Gasteiger partial charge in [0.05, 0.1) is 11.3 Å². The van der Waals surface area contributed by atoms with Gasteiger partial charge < -0.3 is 9.72 Å². The molecule has 0 saturated carbocycles. The van der Waals surface area contributed by atoms with Gasteiger partial charge in [-0.25, -0.2) is 13.8 Å². The van der Waals surface area contributed by atoms with E-state index in [0.717, 1.165) is 28.5 Å². The second kappa shape index (κ2) is 6.64. The van der Waals surface area contributed by atoms with Crippen LogP contribution in [0.2, 0.25) is 0 Å². The first-order chi connectivity index (χ1) is 13.0. The van der Waals surface area contributed by atoms with Crippen LogP contribution in [0.1, 0.15) is 15.9 Å². The Kier molecular flexibility index (Phi) is 4.16. The van der Waals surface area contributed by atoms with Crippen LogP contribution in [0.3, 0.4) is 0 Å². The highest BCUT2D eigenvalue weighted by atomic mass is 19.2. The number of halogens is 2. The molecule has 0 unspecified atom stereocenters. The number of rotatable bonds is 3. The molecule has 4 rings (SSSR count). The number of aryl methyl sites for hydroxylation is 1. The number of carbonyl (C=O) groups excluding carboxylic acids is 1. The van der Waals surface area contributed by atoms with E-state index in [4.69, 9.17) is 0 Å². The monoisotopic (exact) mass is 363 g/mol. The van der Waals surface area contributed by atoms with E-state index in [1.165, 1.54) is 12.1 Å². The van der Waals surface area contributed by atoms with Gasteiger partial charge in [0, 0.05) is 23.6 Å². The molecule has 0 atom stereocenters. The quantitative estimate of drug-likeness (QED) is 0.566. The summed E-state index contributed by atoms with van der Waals surface area (Å²) >= 11 is 0. The van der Waals surface area contributed by atoms with Crippen molar-refractivity contribution in [2.24, 2.45) is 0 Å². The molecular weight excluding hydrogens is 348 g/mol. The molecule has 1 amide bonds. The van der Waals surface area contributed by atoms with Crippen molar-refractivity contribution in [1.29, 1.82) is 0 Å². The van der Waals surface area contributed by atoms with Crippen LogP contribution in [-0.4, -0.2) is 15.3 Å². The normalized spacial score (nSPS) is 10.9. The van der Waals surface area contributed by atoms with Crippen molar-refractivity contribution in [2.45, 2.75) is 6.92 Å². The molecule has 2 heterocycles. The molecular formula is C21H15F2N3O. The zero-order valence-corrected chi connectivity index (χ0v) is 14.4. The molecule has 0 aliphatic carbocycles. The van der Waals surface area contributed by atoms with Crippen molar-refractivity contribution in [1.82, 2.24) is 9.38 Å². The third kappa shape index (κ3) is 3.29. The average Bonchev–Trinajstić information content (AvgIpc) is 3.07. The summed E-state index contributed by atoms with van der Waals surface area (Å²) in [4.78, 5) is 16.7. The van der Waals surface area contributed by atoms with Crippen molar-refractivity contribution in [3.8, 4) is 11.3 Å². The maximum atomic E-state index is 13.7. The summed E-state index contributed by atoms with van der Waals surface area (Å²) in [5, 5.41) is 2.57. The van der Waals surface area contributed by atoms with Gasteiger partial charge >= 0.3 is 0 Å². The average molecular weight is 363 g/mol. The fourth-order valence-corrected chi connectivity index (χ4v) is 2.84. The van der Waals surface area contributed by atoms with Gasteiger partial charge in [0.2, 0.25) is 0 Å². The predicted molar refractivity (Wildman–Crippen MR) is 99.7 cm³/mol. The fourth-order valence-electron chi connectivity index (χ4n) is 2.84. The molecule has 0 radical (unpaired) electrons. The predicted octanol–water partition coefficient (Wildman–Crippen LogP) is 4.84. The maximum absolute atomic E-state index is 13.7. The number of amides is 1. The number of fused-ring (bicyclic) bond motifs is 1. The lowest BCUT2D eigenvalue weighted by atomic mass is 10.1. The molecule has 27 heavy (non-hydrogen) atoms. The first-order valence-corrected chi connectivity index (χ1v) is 8.32. The Bertz CT molecular complexity index is 1150. The van der Waals surface area contributed by atoms with Crippen LogP contribution in [0.25, 0.3) is 16.9 Å². The summed E-state index contributed by atoms with van der Waals surface area (Å²) in [6, 6.07) is 14.5. The van der Waals surface area contributed by atoms with E-state index in [9.17, 15) is 13.6 Å². The van der Waals surface area contributed by atoms with E-state index in [2.05, 4.69) is 10.3 Å². The van der Waals surface area contributed by atoms with Crippen LogP contribution in [0, 0.1) is 18.6 Å². The summed E-state index contributed by atoms with van der Waals surface area (Å²) in [7, 11) is 0. The van der Waals surface area contributed by atoms with Crippen LogP contribution in [-0.2, 0) is 0 Å². The fraction of sp³-hybridized carbons (Fsp3) is 0.0476. The molecule has 0 fully saturated rings. The zero-order valence-electron chi connectivity index (χ0n) is 14.4. The number of aromatic nitrogens is 2. The lowest BCUT2D eigenvalue weighted by molar-refractivity contribution is 0.102. The molecule has 4 aromatic rings. The van der Waals surface area contributed by atoms with Crippen LogP contribution in [0.4, 0.5) is 14.5 Å². The van der Waals surface area contributed by atoms with Gasteiger partial charge in [0.1, 0.15) is 5.65 Å². The molecule has 0 saturated heterocycles. The SMILES string of the molecule is Cc1ccc2nc(-c3ccc(NC(=O)c4cccc(F)c4F)cc3)cn2c1. The minimum absolute atomic E-state index is 0.338. The molecule has 2 aromatic heterocycles. The number of pyridine rings is 1. The topological polar surface area (TPSA) is 46.4 Å². The Morgan fingerprint density at radius 2 is 1.78 bits per heavy atom. The third-order valence-corrected chi connectivity index (χ3v) is 4.23. The first kappa shape index (κ1) is 16.9. The molecule has 0 aliphatic rings. The summed E-state index contributed by atoms with van der Waals surface area (Å²) in [6.07, 6.45) is 3.92. The van der Waals surface area contributed by atoms with E-state index in [-0.39, 0.29) is 5.56 Å². The largest absolute Gasteiger partial charge is 0.322 e. The van der Waals surface area contributed by atoms with Gasteiger partial charge in [-0.2, -0.15) is 0 Å².